The highest BCUT2D eigenvalue weighted by atomic mass is 35.5. The Morgan fingerprint density at radius 3 is 2.96 bits per heavy atom. The molecule has 1 unspecified atom stereocenters. The van der Waals surface area contributed by atoms with E-state index < -0.39 is 0 Å². The summed E-state index contributed by atoms with van der Waals surface area (Å²) in [4.78, 5) is 17.0. The van der Waals surface area contributed by atoms with Crippen molar-refractivity contribution in [1.29, 1.82) is 0 Å². The molecule has 1 fully saturated rings. The predicted octanol–water partition coefficient (Wildman–Crippen LogP) is 2.70. The molecule has 24 heavy (non-hydrogen) atoms. The highest BCUT2D eigenvalue weighted by Crippen LogP contribution is 2.21. The highest BCUT2D eigenvalue weighted by Gasteiger charge is 2.16. The van der Waals surface area contributed by atoms with Crippen LogP contribution < -0.4 is 15.4 Å². The minimum Gasteiger partial charge on any atom is -0.497 e. The van der Waals surface area contributed by atoms with Crippen LogP contribution >= 0.6 is 12.4 Å². The monoisotopic (exact) mass is 349 g/mol. The van der Waals surface area contributed by atoms with Crippen LogP contribution in [0.5, 0.6) is 5.75 Å². The van der Waals surface area contributed by atoms with E-state index in [1.54, 1.807) is 7.11 Å². The van der Waals surface area contributed by atoms with Gasteiger partial charge in [-0.05, 0) is 57.0 Å². The van der Waals surface area contributed by atoms with E-state index in [0.29, 0.717) is 18.0 Å². The topological polar surface area (TPSA) is 63.2 Å². The summed E-state index contributed by atoms with van der Waals surface area (Å²) in [6.45, 7) is 4.74. The molecule has 6 heteroatoms. The number of methoxy groups -OCH3 is 1. The lowest BCUT2D eigenvalue weighted by Crippen LogP contribution is -2.27. The Bertz CT molecular complexity index is 715. The van der Waals surface area contributed by atoms with Crippen molar-refractivity contribution in [3.05, 3.63) is 35.5 Å². The third-order valence-electron chi connectivity index (χ3n) is 4.46. The number of ether oxygens (including phenoxy) is 1. The molecule has 3 rings (SSSR count). The van der Waals surface area contributed by atoms with Crippen LogP contribution in [-0.4, -0.2) is 37.6 Å². The summed E-state index contributed by atoms with van der Waals surface area (Å²) in [6, 6.07) is 7.61. The van der Waals surface area contributed by atoms with Crippen molar-refractivity contribution in [1.82, 2.24) is 15.6 Å². The van der Waals surface area contributed by atoms with Crippen molar-refractivity contribution in [2.75, 3.05) is 26.7 Å². The van der Waals surface area contributed by atoms with Crippen LogP contribution in [0, 0.1) is 12.8 Å². The van der Waals surface area contributed by atoms with Gasteiger partial charge in [-0.25, -0.2) is 0 Å². The normalized spacial score (nSPS) is 16.7. The summed E-state index contributed by atoms with van der Waals surface area (Å²) < 4.78 is 5.22. The molecule has 1 aromatic heterocycles. The molecule has 0 aliphatic carbocycles. The fraction of sp³-hybridized carbons (Fsp3) is 0.444. The summed E-state index contributed by atoms with van der Waals surface area (Å²) in [7, 11) is 1.63. The number of fused-ring (bicyclic) bond motifs is 1. The molecule has 1 aromatic carbocycles. The van der Waals surface area contributed by atoms with Gasteiger partial charge in [-0.3, -0.25) is 9.78 Å². The quantitative estimate of drug-likeness (QED) is 0.871. The van der Waals surface area contributed by atoms with Gasteiger partial charge in [-0.1, -0.05) is 0 Å². The number of amides is 1. The van der Waals surface area contributed by atoms with E-state index in [1.807, 2.05) is 31.2 Å². The molecule has 0 spiro atoms. The summed E-state index contributed by atoms with van der Waals surface area (Å²) >= 11 is 0. The number of nitrogens with one attached hydrogen (secondary N) is 2. The second-order valence-corrected chi connectivity index (χ2v) is 6.08. The number of hydrogen-bond acceptors (Lipinski definition) is 4. The fourth-order valence-corrected chi connectivity index (χ4v) is 3.05. The maximum Gasteiger partial charge on any atom is 0.253 e. The maximum absolute atomic E-state index is 12.4. The van der Waals surface area contributed by atoms with Gasteiger partial charge in [0.15, 0.2) is 0 Å². The first-order chi connectivity index (χ1) is 11.2. The SMILES string of the molecule is COc1ccc2cc(C(=O)NCCC3CCNC3)c(C)nc2c1.Cl. The second kappa shape index (κ2) is 8.31. The Morgan fingerprint density at radius 2 is 2.25 bits per heavy atom. The van der Waals surface area contributed by atoms with Crippen LogP contribution in [0.3, 0.4) is 0 Å². The first-order valence-corrected chi connectivity index (χ1v) is 8.11. The van der Waals surface area contributed by atoms with Crippen molar-refractivity contribution in [2.45, 2.75) is 19.8 Å². The zero-order chi connectivity index (χ0) is 16.2. The van der Waals surface area contributed by atoms with Crippen molar-refractivity contribution in [2.24, 2.45) is 5.92 Å². The molecule has 5 nitrogen and oxygen atoms in total. The van der Waals surface area contributed by atoms with Gasteiger partial charge in [0.2, 0.25) is 0 Å². The maximum atomic E-state index is 12.4. The number of pyridine rings is 1. The van der Waals surface area contributed by atoms with Crippen LogP contribution in [0.4, 0.5) is 0 Å². The standard InChI is InChI=1S/C18H23N3O2.ClH/c1-12-16(18(22)20-8-6-13-5-7-19-11-13)9-14-3-4-15(23-2)10-17(14)21-12;/h3-4,9-10,13,19H,5-8,11H2,1-2H3,(H,20,22);1H. The minimum absolute atomic E-state index is 0. The number of halogens is 1. The molecular formula is C18H24ClN3O2. The average molecular weight is 350 g/mol. The molecule has 0 radical (unpaired) electrons. The van der Waals surface area contributed by atoms with Crippen LogP contribution in [-0.2, 0) is 0 Å². The van der Waals surface area contributed by atoms with Gasteiger partial charge in [0.1, 0.15) is 5.75 Å². The molecule has 130 valence electrons. The van der Waals surface area contributed by atoms with Crippen molar-refractivity contribution in [3.63, 3.8) is 0 Å². The Morgan fingerprint density at radius 1 is 1.42 bits per heavy atom. The van der Waals surface area contributed by atoms with Gasteiger partial charge in [0.25, 0.3) is 5.91 Å². The van der Waals surface area contributed by atoms with Gasteiger partial charge >= 0.3 is 0 Å². The third kappa shape index (κ3) is 4.16. The van der Waals surface area contributed by atoms with Crippen molar-refractivity contribution < 1.29 is 9.53 Å². The Kier molecular flexibility index (Phi) is 6.40. The molecule has 1 atom stereocenters. The largest absolute Gasteiger partial charge is 0.497 e. The summed E-state index contributed by atoms with van der Waals surface area (Å²) in [5.74, 6) is 1.41. The fourth-order valence-electron chi connectivity index (χ4n) is 3.05. The van der Waals surface area contributed by atoms with Crippen LogP contribution in [0.25, 0.3) is 10.9 Å². The van der Waals surface area contributed by atoms with E-state index in [-0.39, 0.29) is 18.3 Å². The molecule has 1 saturated heterocycles. The molecule has 1 amide bonds. The molecule has 2 N–H and O–H groups in total. The van der Waals surface area contributed by atoms with Crippen LogP contribution in [0.1, 0.15) is 28.9 Å². The number of nitrogens with zero attached hydrogens (tertiary/aromatic N) is 1. The van der Waals surface area contributed by atoms with Crippen molar-refractivity contribution in [3.8, 4) is 5.75 Å². The molecule has 2 heterocycles. The predicted molar refractivity (Wildman–Crippen MR) is 98.2 cm³/mol. The number of rotatable bonds is 5. The van der Waals surface area contributed by atoms with Crippen molar-refractivity contribution >= 4 is 29.2 Å². The number of carbonyl (C=O) groups excluding carboxylic acids is 1. The molecule has 0 saturated carbocycles. The molecular weight excluding hydrogens is 326 g/mol. The number of aryl methyl sites for hydroxylation is 1. The summed E-state index contributed by atoms with van der Waals surface area (Å²) in [5, 5.41) is 7.32. The van der Waals surface area contributed by atoms with Gasteiger partial charge in [0, 0.05) is 18.0 Å². The number of carbonyl (C=O) groups is 1. The zero-order valence-corrected chi connectivity index (χ0v) is 14.9. The van der Waals surface area contributed by atoms with E-state index in [1.165, 1.54) is 6.42 Å². The first kappa shape index (κ1) is 18.5. The lowest BCUT2D eigenvalue weighted by Gasteiger charge is -2.11. The van der Waals surface area contributed by atoms with Crippen LogP contribution in [0.2, 0.25) is 0 Å². The summed E-state index contributed by atoms with van der Waals surface area (Å²) in [6.07, 6.45) is 2.23. The Balaban J connectivity index is 0.00000208. The number of hydrogen-bond donors (Lipinski definition) is 2. The molecule has 1 aliphatic heterocycles. The lowest BCUT2D eigenvalue weighted by molar-refractivity contribution is 0.0951. The smallest absolute Gasteiger partial charge is 0.253 e. The van der Waals surface area contributed by atoms with Crippen LogP contribution in [0.15, 0.2) is 24.3 Å². The Labute approximate surface area is 148 Å². The van der Waals surface area contributed by atoms with E-state index in [9.17, 15) is 4.79 Å². The van der Waals surface area contributed by atoms with Gasteiger partial charge in [-0.2, -0.15) is 0 Å². The third-order valence-corrected chi connectivity index (χ3v) is 4.46. The number of benzene rings is 1. The highest BCUT2D eigenvalue weighted by molar-refractivity contribution is 5.98. The van der Waals surface area contributed by atoms with Gasteiger partial charge in [0.05, 0.1) is 23.9 Å². The molecule has 0 bridgehead atoms. The van der Waals surface area contributed by atoms with Gasteiger partial charge < -0.3 is 15.4 Å². The second-order valence-electron chi connectivity index (χ2n) is 6.08. The van der Waals surface area contributed by atoms with E-state index >= 15 is 0 Å². The first-order valence-electron chi connectivity index (χ1n) is 8.11. The van der Waals surface area contributed by atoms with E-state index in [2.05, 4.69) is 15.6 Å². The van der Waals surface area contributed by atoms with Gasteiger partial charge in [-0.15, -0.1) is 12.4 Å². The Hall–Kier alpha value is -1.85. The molecule has 1 aliphatic rings. The van der Waals surface area contributed by atoms with E-state index in [0.717, 1.165) is 41.9 Å². The molecule has 2 aromatic rings. The summed E-state index contributed by atoms with van der Waals surface area (Å²) in [5.41, 5.74) is 2.23. The average Bonchev–Trinajstić information content (AvgIpc) is 3.06. The minimum atomic E-state index is -0.0429. The lowest BCUT2D eigenvalue weighted by atomic mass is 10.0. The zero-order valence-electron chi connectivity index (χ0n) is 14.1. The number of aromatic nitrogens is 1. The van der Waals surface area contributed by atoms with E-state index in [4.69, 9.17) is 4.74 Å².